The van der Waals surface area contributed by atoms with Gasteiger partial charge in [0.25, 0.3) is 0 Å². The molecular formula is C16H18N4. The number of benzene rings is 1. The summed E-state index contributed by atoms with van der Waals surface area (Å²) in [7, 11) is 3.97. The highest BCUT2D eigenvalue weighted by atomic mass is 15.1. The first-order valence-corrected chi connectivity index (χ1v) is 6.66. The minimum Gasteiger partial charge on any atom is -0.354 e. The molecule has 2 aromatic heterocycles. The molecule has 4 heteroatoms. The lowest BCUT2D eigenvalue weighted by Gasteiger charge is -2.09. The van der Waals surface area contributed by atoms with Crippen molar-refractivity contribution in [2.75, 3.05) is 0 Å². The van der Waals surface area contributed by atoms with Gasteiger partial charge in [-0.3, -0.25) is 0 Å². The van der Waals surface area contributed by atoms with Crippen molar-refractivity contribution < 1.29 is 9.13 Å². The van der Waals surface area contributed by atoms with E-state index in [4.69, 9.17) is 0 Å². The first-order valence-electron chi connectivity index (χ1n) is 6.66. The zero-order chi connectivity index (χ0) is 13.9. The smallest absolute Gasteiger partial charge is 0.203 e. The van der Waals surface area contributed by atoms with Crippen LogP contribution in [0, 0.1) is 12.7 Å². The van der Waals surface area contributed by atoms with Gasteiger partial charge in [-0.15, -0.1) is 0 Å². The van der Waals surface area contributed by atoms with Crippen LogP contribution in [-0.2, 0) is 27.2 Å². The van der Waals surface area contributed by atoms with E-state index < -0.39 is 0 Å². The molecule has 0 atom stereocenters. The number of rotatable bonds is 4. The quantitative estimate of drug-likeness (QED) is 0.487. The van der Waals surface area contributed by atoms with E-state index >= 15 is 0 Å². The molecule has 3 rings (SSSR count). The summed E-state index contributed by atoms with van der Waals surface area (Å²) in [6, 6.07) is 8.52. The van der Waals surface area contributed by atoms with Crippen molar-refractivity contribution in [1.29, 1.82) is 0 Å². The lowest BCUT2D eigenvalue weighted by molar-refractivity contribution is -0.692. The van der Waals surface area contributed by atoms with Crippen LogP contribution in [0.4, 0.5) is 0 Å². The number of nitrogens with zero attached hydrogens (tertiary/aromatic N) is 4. The Balaban J connectivity index is 1.84. The topological polar surface area (TPSA) is 17.6 Å². The van der Waals surface area contributed by atoms with E-state index in [1.807, 2.05) is 48.0 Å². The SMILES string of the molecule is Cn1[c-][n+](Cc2ccccc2Cn2[c-][n+](C)cc2)cc1. The van der Waals surface area contributed by atoms with Gasteiger partial charge in [0.1, 0.15) is 0 Å². The fourth-order valence-electron chi connectivity index (χ4n) is 2.31. The Morgan fingerprint density at radius 1 is 1.05 bits per heavy atom. The van der Waals surface area contributed by atoms with Crippen LogP contribution >= 0.6 is 0 Å². The summed E-state index contributed by atoms with van der Waals surface area (Å²) >= 11 is 0. The summed E-state index contributed by atoms with van der Waals surface area (Å²) in [6.07, 6.45) is 14.6. The second-order valence-electron chi connectivity index (χ2n) is 5.04. The highest BCUT2D eigenvalue weighted by Gasteiger charge is 2.05. The lowest BCUT2D eigenvalue weighted by Crippen LogP contribution is -2.32. The summed E-state index contributed by atoms with van der Waals surface area (Å²) < 4.78 is 8.00. The highest BCUT2D eigenvalue weighted by molar-refractivity contribution is 5.26. The van der Waals surface area contributed by atoms with Crippen molar-refractivity contribution >= 4 is 0 Å². The fourth-order valence-corrected chi connectivity index (χ4v) is 2.31. The maximum atomic E-state index is 3.23. The van der Waals surface area contributed by atoms with Crippen molar-refractivity contribution in [3.63, 3.8) is 0 Å². The van der Waals surface area contributed by atoms with E-state index in [-0.39, 0.29) is 0 Å². The van der Waals surface area contributed by atoms with Crippen LogP contribution in [0.15, 0.2) is 49.1 Å². The fraction of sp³-hybridized carbons (Fsp3) is 0.250. The van der Waals surface area contributed by atoms with Gasteiger partial charge < -0.3 is 18.3 Å². The van der Waals surface area contributed by atoms with Gasteiger partial charge >= 0.3 is 0 Å². The molecule has 0 N–H and O–H groups in total. The molecule has 0 radical (unpaired) electrons. The van der Waals surface area contributed by atoms with Gasteiger partial charge in [-0.2, -0.15) is 0 Å². The maximum Gasteiger partial charge on any atom is 0.203 e. The maximum absolute atomic E-state index is 3.23. The predicted molar refractivity (Wildman–Crippen MR) is 73.5 cm³/mol. The first-order chi connectivity index (χ1) is 9.70. The lowest BCUT2D eigenvalue weighted by atomic mass is 10.1. The third kappa shape index (κ3) is 2.79. The van der Waals surface area contributed by atoms with E-state index in [1.165, 1.54) is 11.1 Å². The zero-order valence-corrected chi connectivity index (χ0v) is 11.8. The van der Waals surface area contributed by atoms with E-state index in [0.29, 0.717) is 0 Å². The molecular weight excluding hydrogens is 248 g/mol. The zero-order valence-electron chi connectivity index (χ0n) is 11.8. The largest absolute Gasteiger partial charge is 0.354 e. The molecule has 0 fully saturated rings. The Morgan fingerprint density at radius 2 is 1.85 bits per heavy atom. The van der Waals surface area contributed by atoms with E-state index in [9.17, 15) is 0 Å². The molecule has 1 aromatic carbocycles. The molecule has 3 aromatic rings. The minimum atomic E-state index is 0.838. The Hall–Kier alpha value is -2.36. The molecule has 0 saturated carbocycles. The van der Waals surface area contributed by atoms with Crippen LogP contribution in [0.25, 0.3) is 0 Å². The van der Waals surface area contributed by atoms with Crippen molar-refractivity contribution in [1.82, 2.24) is 9.13 Å². The average molecular weight is 266 g/mol. The third-order valence-electron chi connectivity index (χ3n) is 3.31. The van der Waals surface area contributed by atoms with Gasteiger partial charge in [-0.1, -0.05) is 24.3 Å². The normalized spacial score (nSPS) is 10.9. The van der Waals surface area contributed by atoms with Crippen molar-refractivity contribution in [2.45, 2.75) is 13.1 Å². The summed E-state index contributed by atoms with van der Waals surface area (Å²) in [5.74, 6) is 0. The number of hydrogen-bond acceptors (Lipinski definition) is 0. The molecule has 0 aliphatic rings. The Kier molecular flexibility index (Phi) is 3.37. The van der Waals surface area contributed by atoms with Gasteiger partial charge in [0.15, 0.2) is 0 Å². The summed E-state index contributed by atoms with van der Waals surface area (Å²) in [4.78, 5) is 0. The van der Waals surface area contributed by atoms with Crippen molar-refractivity contribution in [3.05, 3.63) is 72.8 Å². The monoisotopic (exact) mass is 266 g/mol. The summed E-state index contributed by atoms with van der Waals surface area (Å²) in [5, 5.41) is 0. The summed E-state index contributed by atoms with van der Waals surface area (Å²) in [6.45, 7) is 1.68. The average Bonchev–Trinajstić information content (AvgIpc) is 3.01. The number of aryl methyl sites for hydroxylation is 2. The number of hydrogen-bond donors (Lipinski definition) is 0. The predicted octanol–water partition coefficient (Wildman–Crippen LogP) is 0.636. The van der Waals surface area contributed by atoms with Gasteiger partial charge in [0, 0.05) is 0 Å². The minimum absolute atomic E-state index is 0.838. The molecule has 0 amide bonds. The van der Waals surface area contributed by atoms with Crippen LogP contribution in [0.2, 0.25) is 0 Å². The van der Waals surface area contributed by atoms with Crippen molar-refractivity contribution in [2.24, 2.45) is 14.1 Å². The van der Waals surface area contributed by atoms with Crippen LogP contribution in [0.1, 0.15) is 11.1 Å². The van der Waals surface area contributed by atoms with E-state index in [1.54, 1.807) is 0 Å². The second kappa shape index (κ2) is 5.33. The molecule has 20 heavy (non-hydrogen) atoms. The van der Waals surface area contributed by atoms with Crippen LogP contribution < -0.4 is 9.13 Å². The third-order valence-corrected chi connectivity index (χ3v) is 3.31. The molecule has 2 heterocycles. The van der Waals surface area contributed by atoms with Crippen LogP contribution in [0.5, 0.6) is 0 Å². The second-order valence-corrected chi connectivity index (χ2v) is 5.04. The molecule has 0 aliphatic heterocycles. The molecule has 0 unspecified atom stereocenters. The molecule has 0 saturated heterocycles. The molecule has 0 bridgehead atoms. The Morgan fingerprint density at radius 3 is 2.50 bits per heavy atom. The van der Waals surface area contributed by atoms with Gasteiger partial charge in [0.2, 0.25) is 12.7 Å². The number of imidazole rings is 2. The Bertz CT molecular complexity index is 647. The highest BCUT2D eigenvalue weighted by Crippen LogP contribution is 2.10. The molecule has 4 nitrogen and oxygen atoms in total. The van der Waals surface area contributed by atoms with E-state index in [0.717, 1.165) is 13.1 Å². The van der Waals surface area contributed by atoms with Gasteiger partial charge in [0.05, 0.1) is 27.2 Å². The van der Waals surface area contributed by atoms with Crippen LogP contribution in [-0.4, -0.2) is 9.13 Å². The van der Waals surface area contributed by atoms with E-state index in [2.05, 4.69) is 46.1 Å². The molecule has 0 spiro atoms. The standard InChI is InChI=1S/C16H18N4/c1-17-7-9-19(13-17)11-15-5-3-4-6-16(15)12-20-10-8-18(2)14-20/h3-10H,11-12H2,1-2H3. The van der Waals surface area contributed by atoms with Gasteiger partial charge in [-0.25, -0.2) is 0 Å². The van der Waals surface area contributed by atoms with Crippen molar-refractivity contribution in [3.8, 4) is 0 Å². The number of aromatic nitrogens is 4. The van der Waals surface area contributed by atoms with Crippen LogP contribution in [0.3, 0.4) is 0 Å². The first kappa shape index (κ1) is 12.7. The molecule has 0 aliphatic carbocycles. The Labute approximate surface area is 119 Å². The molecule has 102 valence electrons. The van der Waals surface area contributed by atoms with Gasteiger partial charge in [-0.05, 0) is 35.9 Å². The summed E-state index contributed by atoms with van der Waals surface area (Å²) in [5.41, 5.74) is 2.62.